The van der Waals surface area contributed by atoms with E-state index in [1.807, 2.05) is 49.4 Å². The number of rotatable bonds is 2. The molecule has 2 aromatic carbocycles. The number of nitrogens with zero attached hydrogens (tertiary/aromatic N) is 2. The predicted molar refractivity (Wildman–Crippen MR) is 119 cm³/mol. The molecule has 6 heteroatoms. The van der Waals surface area contributed by atoms with Crippen molar-refractivity contribution in [2.75, 3.05) is 14.1 Å². The van der Waals surface area contributed by atoms with Crippen LogP contribution in [-0.4, -0.2) is 29.5 Å². The molecule has 0 saturated carbocycles. The van der Waals surface area contributed by atoms with Crippen LogP contribution in [0.3, 0.4) is 0 Å². The molecule has 1 aliphatic rings. The Hall–Kier alpha value is -2.50. The van der Waals surface area contributed by atoms with Crippen LogP contribution in [0.25, 0.3) is 5.69 Å². The molecule has 1 unspecified atom stereocenters. The minimum absolute atomic E-state index is 0.0199. The molecule has 2 heterocycles. The lowest BCUT2D eigenvalue weighted by Gasteiger charge is -2.21. The van der Waals surface area contributed by atoms with Crippen LogP contribution in [-0.2, 0) is 6.42 Å². The van der Waals surface area contributed by atoms with Crippen molar-refractivity contribution < 1.29 is 4.79 Å². The van der Waals surface area contributed by atoms with Gasteiger partial charge in [-0.25, -0.2) is 0 Å². The van der Waals surface area contributed by atoms with Gasteiger partial charge in [0.1, 0.15) is 5.56 Å². The monoisotopic (exact) mass is 424 g/mol. The van der Waals surface area contributed by atoms with Crippen LogP contribution in [0.4, 0.5) is 0 Å². The van der Waals surface area contributed by atoms with Gasteiger partial charge in [-0.05, 0) is 30.7 Å². The van der Waals surface area contributed by atoms with E-state index in [1.165, 1.54) is 4.90 Å². The van der Waals surface area contributed by atoms with Crippen molar-refractivity contribution in [3.8, 4) is 5.69 Å². The molecule has 3 aromatic rings. The number of para-hydroxylation sites is 1. The lowest BCUT2D eigenvalue weighted by molar-refractivity contribution is 0.0824. The summed E-state index contributed by atoms with van der Waals surface area (Å²) in [5.41, 5.74) is 3.51. The highest BCUT2D eigenvalue weighted by molar-refractivity contribution is 7.99. The Morgan fingerprint density at radius 3 is 2.55 bits per heavy atom. The number of benzene rings is 2. The number of hydrogen-bond acceptors (Lipinski definition) is 3. The molecule has 0 saturated heterocycles. The first-order valence-electron chi connectivity index (χ1n) is 9.36. The Morgan fingerprint density at radius 2 is 1.83 bits per heavy atom. The second-order valence-electron chi connectivity index (χ2n) is 7.31. The van der Waals surface area contributed by atoms with Gasteiger partial charge < -0.3 is 9.47 Å². The van der Waals surface area contributed by atoms with Gasteiger partial charge in [0.05, 0.1) is 5.69 Å². The minimum atomic E-state index is -0.277. The van der Waals surface area contributed by atoms with Gasteiger partial charge in [0, 0.05) is 53.1 Å². The van der Waals surface area contributed by atoms with Gasteiger partial charge in [0.15, 0.2) is 5.43 Å². The molecule has 1 aliphatic heterocycles. The second-order valence-corrected chi connectivity index (χ2v) is 8.96. The molecule has 0 N–H and O–H groups in total. The molecule has 1 atom stereocenters. The average molecular weight is 425 g/mol. The third kappa shape index (κ3) is 3.49. The summed E-state index contributed by atoms with van der Waals surface area (Å²) in [6, 6.07) is 17.4. The molecule has 4 rings (SSSR count). The van der Waals surface area contributed by atoms with Crippen LogP contribution < -0.4 is 5.43 Å². The zero-order chi connectivity index (χ0) is 20.7. The SMILES string of the molecule is Cc1cc(=O)c(C(=O)N(C)C)c2n1-c1ccccc1SC(c1ccccc1Cl)C2. The summed E-state index contributed by atoms with van der Waals surface area (Å²) in [6.45, 7) is 1.91. The van der Waals surface area contributed by atoms with Gasteiger partial charge >= 0.3 is 0 Å². The Bertz CT molecular complexity index is 1170. The van der Waals surface area contributed by atoms with E-state index in [4.69, 9.17) is 11.6 Å². The molecule has 0 bridgehead atoms. The summed E-state index contributed by atoms with van der Waals surface area (Å²) in [5, 5.41) is 0.667. The van der Waals surface area contributed by atoms with Crippen LogP contribution in [0.5, 0.6) is 0 Å². The molecule has 0 fully saturated rings. The third-order valence-corrected chi connectivity index (χ3v) is 6.77. The van der Waals surface area contributed by atoms with E-state index >= 15 is 0 Å². The fraction of sp³-hybridized carbons (Fsp3) is 0.217. The zero-order valence-corrected chi connectivity index (χ0v) is 18.1. The average Bonchev–Trinajstić information content (AvgIpc) is 2.85. The highest BCUT2D eigenvalue weighted by Gasteiger charge is 2.30. The number of carbonyl (C=O) groups is 1. The predicted octanol–water partition coefficient (Wildman–Crippen LogP) is 4.89. The van der Waals surface area contributed by atoms with Crippen molar-refractivity contribution >= 4 is 29.3 Å². The number of carbonyl (C=O) groups excluding carboxylic acids is 1. The van der Waals surface area contributed by atoms with Gasteiger partial charge in [-0.3, -0.25) is 9.59 Å². The van der Waals surface area contributed by atoms with Gasteiger partial charge in [0.2, 0.25) is 0 Å². The zero-order valence-electron chi connectivity index (χ0n) is 16.5. The lowest BCUT2D eigenvalue weighted by Crippen LogP contribution is -2.32. The molecule has 148 valence electrons. The highest BCUT2D eigenvalue weighted by atomic mass is 35.5. The number of halogens is 1. The largest absolute Gasteiger partial charge is 0.345 e. The first-order valence-corrected chi connectivity index (χ1v) is 10.6. The van der Waals surface area contributed by atoms with Crippen molar-refractivity contribution in [1.82, 2.24) is 9.47 Å². The summed E-state index contributed by atoms with van der Waals surface area (Å²) in [4.78, 5) is 28.4. The van der Waals surface area contributed by atoms with Crippen LogP contribution in [0.1, 0.15) is 32.6 Å². The Balaban J connectivity index is 2.04. The number of fused-ring (bicyclic) bond motifs is 3. The third-order valence-electron chi connectivity index (χ3n) is 5.12. The van der Waals surface area contributed by atoms with Crippen molar-refractivity contribution in [2.24, 2.45) is 0 Å². The molecule has 4 nitrogen and oxygen atoms in total. The molecule has 1 amide bonds. The van der Waals surface area contributed by atoms with Gasteiger partial charge in [-0.2, -0.15) is 0 Å². The van der Waals surface area contributed by atoms with Crippen LogP contribution in [0, 0.1) is 6.92 Å². The number of aromatic nitrogens is 1. The highest BCUT2D eigenvalue weighted by Crippen LogP contribution is 2.45. The number of pyridine rings is 1. The number of thioether (sulfide) groups is 1. The van der Waals surface area contributed by atoms with Crippen LogP contribution in [0.2, 0.25) is 5.02 Å². The summed E-state index contributed by atoms with van der Waals surface area (Å²) in [6.07, 6.45) is 0.523. The Labute approximate surface area is 179 Å². The van der Waals surface area contributed by atoms with E-state index in [-0.39, 0.29) is 22.1 Å². The molecule has 0 radical (unpaired) electrons. The maximum atomic E-state index is 13.0. The summed E-state index contributed by atoms with van der Waals surface area (Å²) in [7, 11) is 3.34. The van der Waals surface area contributed by atoms with E-state index in [1.54, 1.807) is 31.9 Å². The quantitative estimate of drug-likeness (QED) is 0.588. The van der Waals surface area contributed by atoms with Gasteiger partial charge in [-0.1, -0.05) is 41.9 Å². The van der Waals surface area contributed by atoms with Crippen molar-refractivity contribution in [3.05, 3.63) is 92.4 Å². The molecular formula is C23H21ClN2O2S. The minimum Gasteiger partial charge on any atom is -0.345 e. The van der Waals surface area contributed by atoms with Crippen molar-refractivity contribution in [2.45, 2.75) is 23.5 Å². The first-order chi connectivity index (χ1) is 13.9. The Kier molecular flexibility index (Phi) is 5.28. The molecule has 0 aliphatic carbocycles. The van der Waals surface area contributed by atoms with E-state index < -0.39 is 0 Å². The van der Waals surface area contributed by atoms with Crippen LogP contribution in [0.15, 0.2) is 64.3 Å². The Morgan fingerprint density at radius 1 is 1.14 bits per heavy atom. The summed E-state index contributed by atoms with van der Waals surface area (Å²) >= 11 is 8.24. The summed E-state index contributed by atoms with van der Waals surface area (Å²) < 4.78 is 2.05. The van der Waals surface area contributed by atoms with Crippen LogP contribution >= 0.6 is 23.4 Å². The van der Waals surface area contributed by atoms with E-state index in [9.17, 15) is 9.59 Å². The number of hydrogen-bond donors (Lipinski definition) is 0. The summed E-state index contributed by atoms with van der Waals surface area (Å²) in [5.74, 6) is -0.277. The van der Waals surface area contributed by atoms with Crippen molar-refractivity contribution in [3.63, 3.8) is 0 Å². The van der Waals surface area contributed by atoms with E-state index in [2.05, 4.69) is 10.6 Å². The van der Waals surface area contributed by atoms with Gasteiger partial charge in [-0.15, -0.1) is 11.8 Å². The van der Waals surface area contributed by atoms with E-state index in [0.717, 1.165) is 27.5 Å². The van der Waals surface area contributed by atoms with E-state index in [0.29, 0.717) is 11.4 Å². The fourth-order valence-electron chi connectivity index (χ4n) is 3.80. The normalized spacial score (nSPS) is 15.2. The molecular weight excluding hydrogens is 404 g/mol. The maximum Gasteiger partial charge on any atom is 0.259 e. The number of amides is 1. The van der Waals surface area contributed by atoms with Gasteiger partial charge in [0.25, 0.3) is 5.91 Å². The molecule has 1 aromatic heterocycles. The lowest BCUT2D eigenvalue weighted by atomic mass is 10.0. The first kappa shape index (κ1) is 19.8. The number of aryl methyl sites for hydroxylation is 1. The smallest absolute Gasteiger partial charge is 0.259 e. The van der Waals surface area contributed by atoms with Crippen molar-refractivity contribution in [1.29, 1.82) is 0 Å². The molecule has 0 spiro atoms. The maximum absolute atomic E-state index is 13.0. The topological polar surface area (TPSA) is 42.3 Å². The molecule has 29 heavy (non-hydrogen) atoms. The second kappa shape index (κ2) is 7.73. The standard InChI is InChI=1S/C23H21ClN2O2S/c1-14-12-19(27)22(23(28)25(2)3)18-13-21(15-8-4-5-9-16(15)24)29-20-11-7-6-10-17(20)26(14)18/h4-12,21H,13H2,1-3H3. The fourth-order valence-corrected chi connectivity index (χ4v) is 5.45.